The van der Waals surface area contributed by atoms with Crippen LogP contribution in [0.15, 0.2) is 33.5 Å². The van der Waals surface area contributed by atoms with Gasteiger partial charge >= 0.3 is 5.76 Å². The molecule has 7 nitrogen and oxygen atoms in total. The fourth-order valence-electron chi connectivity index (χ4n) is 1.97. The second-order valence-electron chi connectivity index (χ2n) is 4.47. The van der Waals surface area contributed by atoms with E-state index in [0.29, 0.717) is 17.6 Å². The Morgan fingerprint density at radius 3 is 2.71 bits per heavy atom. The first-order valence-electron chi connectivity index (χ1n) is 6.73. The summed E-state index contributed by atoms with van der Waals surface area (Å²) in [6.07, 6.45) is 0.100. The molecule has 0 aliphatic heterocycles. The van der Waals surface area contributed by atoms with Gasteiger partial charge in [0.2, 0.25) is 11.8 Å². The van der Waals surface area contributed by atoms with E-state index in [1.807, 2.05) is 0 Å². The fourth-order valence-corrected chi connectivity index (χ4v) is 1.97. The molecule has 112 valence electrons. The molecule has 0 radical (unpaired) electrons. The molecule has 0 aliphatic carbocycles. The molecule has 0 spiro atoms. The molecule has 0 atom stereocenters. The summed E-state index contributed by atoms with van der Waals surface area (Å²) in [5, 5.41) is 5.08. The van der Waals surface area contributed by atoms with Crippen molar-refractivity contribution >= 4 is 22.9 Å². The van der Waals surface area contributed by atoms with E-state index in [-0.39, 0.29) is 31.3 Å². The number of carbonyl (C=O) groups is 2. The summed E-state index contributed by atoms with van der Waals surface area (Å²) in [6, 6.07) is 7.02. The van der Waals surface area contributed by atoms with Gasteiger partial charge < -0.3 is 15.1 Å². The van der Waals surface area contributed by atoms with E-state index >= 15 is 0 Å². The van der Waals surface area contributed by atoms with Crippen LogP contribution in [-0.4, -0.2) is 29.5 Å². The summed E-state index contributed by atoms with van der Waals surface area (Å²) >= 11 is 0. The zero-order chi connectivity index (χ0) is 15.2. The SMILES string of the molecule is CCNC(=O)CNC(=O)CCn1c(=O)oc2ccccc21. The fraction of sp³-hybridized carbons (Fsp3) is 0.357. The van der Waals surface area contributed by atoms with Gasteiger partial charge in [0, 0.05) is 19.5 Å². The van der Waals surface area contributed by atoms with Crippen LogP contribution in [-0.2, 0) is 16.1 Å². The minimum absolute atomic E-state index is 0.0618. The van der Waals surface area contributed by atoms with Crippen LogP contribution in [0.1, 0.15) is 13.3 Å². The third-order valence-corrected chi connectivity index (χ3v) is 2.96. The van der Waals surface area contributed by atoms with Crippen LogP contribution in [0.25, 0.3) is 11.1 Å². The Kier molecular flexibility index (Phi) is 4.76. The van der Waals surface area contributed by atoms with Gasteiger partial charge in [-0.1, -0.05) is 12.1 Å². The minimum Gasteiger partial charge on any atom is -0.408 e. The number of carbonyl (C=O) groups excluding carboxylic acids is 2. The predicted octanol–water partition coefficient (Wildman–Crippen LogP) is 0.237. The lowest BCUT2D eigenvalue weighted by atomic mass is 10.3. The van der Waals surface area contributed by atoms with Gasteiger partial charge in [-0.25, -0.2) is 4.79 Å². The lowest BCUT2D eigenvalue weighted by Crippen LogP contribution is -2.37. The molecule has 2 N–H and O–H groups in total. The molecule has 2 amide bonds. The molecular weight excluding hydrogens is 274 g/mol. The van der Waals surface area contributed by atoms with Gasteiger partial charge in [-0.3, -0.25) is 14.2 Å². The van der Waals surface area contributed by atoms with Gasteiger partial charge in [0.05, 0.1) is 12.1 Å². The molecule has 7 heteroatoms. The van der Waals surface area contributed by atoms with Crippen molar-refractivity contribution in [1.29, 1.82) is 0 Å². The van der Waals surface area contributed by atoms with Crippen molar-refractivity contribution in [1.82, 2.24) is 15.2 Å². The third kappa shape index (κ3) is 3.71. The number of rotatable bonds is 6. The first-order chi connectivity index (χ1) is 10.1. The smallest absolute Gasteiger partial charge is 0.408 e. The van der Waals surface area contributed by atoms with Crippen molar-refractivity contribution in [3.63, 3.8) is 0 Å². The number of hydrogen-bond donors (Lipinski definition) is 2. The number of nitrogens with one attached hydrogen (secondary N) is 2. The number of fused-ring (bicyclic) bond motifs is 1. The van der Waals surface area contributed by atoms with Crippen LogP contribution in [0.3, 0.4) is 0 Å². The summed E-state index contributed by atoms with van der Waals surface area (Å²) in [4.78, 5) is 34.6. The van der Waals surface area contributed by atoms with E-state index in [2.05, 4.69) is 10.6 Å². The second-order valence-corrected chi connectivity index (χ2v) is 4.47. The summed E-state index contributed by atoms with van der Waals surface area (Å²) < 4.78 is 6.48. The van der Waals surface area contributed by atoms with E-state index in [4.69, 9.17) is 4.42 Å². The highest BCUT2D eigenvalue weighted by molar-refractivity contribution is 5.84. The van der Waals surface area contributed by atoms with E-state index in [1.54, 1.807) is 31.2 Å². The molecule has 1 aromatic heterocycles. The lowest BCUT2D eigenvalue weighted by Gasteiger charge is -2.05. The molecule has 0 bridgehead atoms. The summed E-state index contributed by atoms with van der Waals surface area (Å²) in [5.41, 5.74) is 1.14. The molecule has 0 saturated heterocycles. The Morgan fingerprint density at radius 2 is 1.95 bits per heavy atom. The summed E-state index contributed by atoms with van der Waals surface area (Å²) in [5.74, 6) is -1.03. The maximum Gasteiger partial charge on any atom is 0.419 e. The number of aromatic nitrogens is 1. The molecule has 0 saturated carbocycles. The number of oxazole rings is 1. The van der Waals surface area contributed by atoms with Gasteiger partial charge in [-0.05, 0) is 19.1 Å². The predicted molar refractivity (Wildman–Crippen MR) is 76.8 cm³/mol. The van der Waals surface area contributed by atoms with Crippen molar-refractivity contribution in [2.24, 2.45) is 0 Å². The van der Waals surface area contributed by atoms with Crippen molar-refractivity contribution in [2.75, 3.05) is 13.1 Å². The van der Waals surface area contributed by atoms with Crippen LogP contribution in [0.4, 0.5) is 0 Å². The third-order valence-electron chi connectivity index (χ3n) is 2.96. The summed E-state index contributed by atoms with van der Waals surface area (Å²) in [7, 11) is 0. The highest BCUT2D eigenvalue weighted by Gasteiger charge is 2.10. The number of likely N-dealkylation sites (N-methyl/N-ethyl adjacent to an activating group) is 1. The zero-order valence-corrected chi connectivity index (χ0v) is 11.7. The average Bonchev–Trinajstić information content (AvgIpc) is 2.79. The first kappa shape index (κ1) is 14.8. The maximum absolute atomic E-state index is 11.7. The molecule has 0 unspecified atom stereocenters. The average molecular weight is 291 g/mol. The molecule has 2 aromatic rings. The number of benzene rings is 1. The van der Waals surface area contributed by atoms with Crippen LogP contribution in [0, 0.1) is 0 Å². The largest absolute Gasteiger partial charge is 0.419 e. The van der Waals surface area contributed by atoms with Gasteiger partial charge in [-0.2, -0.15) is 0 Å². The first-order valence-corrected chi connectivity index (χ1v) is 6.73. The van der Waals surface area contributed by atoms with Crippen molar-refractivity contribution in [3.05, 3.63) is 34.8 Å². The van der Waals surface area contributed by atoms with Gasteiger partial charge in [-0.15, -0.1) is 0 Å². The highest BCUT2D eigenvalue weighted by atomic mass is 16.4. The second kappa shape index (κ2) is 6.74. The van der Waals surface area contributed by atoms with Gasteiger partial charge in [0.25, 0.3) is 0 Å². The molecule has 1 aromatic carbocycles. The number of aryl methyl sites for hydroxylation is 1. The van der Waals surface area contributed by atoms with Crippen molar-refractivity contribution < 1.29 is 14.0 Å². The lowest BCUT2D eigenvalue weighted by molar-refractivity contribution is -0.126. The quantitative estimate of drug-likeness (QED) is 0.797. The normalized spacial score (nSPS) is 10.5. The summed E-state index contributed by atoms with van der Waals surface area (Å²) in [6.45, 7) is 2.46. The van der Waals surface area contributed by atoms with Crippen LogP contribution in [0.5, 0.6) is 0 Å². The number of amides is 2. The maximum atomic E-state index is 11.7. The highest BCUT2D eigenvalue weighted by Crippen LogP contribution is 2.11. The van der Waals surface area contributed by atoms with E-state index in [0.717, 1.165) is 0 Å². The monoisotopic (exact) mass is 291 g/mol. The molecule has 1 heterocycles. The minimum atomic E-state index is -0.493. The van der Waals surface area contributed by atoms with Crippen molar-refractivity contribution in [3.8, 4) is 0 Å². The molecule has 2 rings (SSSR count). The molecule has 0 aliphatic rings. The zero-order valence-electron chi connectivity index (χ0n) is 11.7. The number of nitrogens with zero attached hydrogens (tertiary/aromatic N) is 1. The molecular formula is C14H17N3O4. The number of para-hydroxylation sites is 2. The van der Waals surface area contributed by atoms with Crippen LogP contribution >= 0.6 is 0 Å². The van der Waals surface area contributed by atoms with Gasteiger partial charge in [0.1, 0.15) is 0 Å². The van der Waals surface area contributed by atoms with Gasteiger partial charge in [0.15, 0.2) is 5.58 Å². The Labute approximate surface area is 120 Å². The molecule has 0 fully saturated rings. The Balaban J connectivity index is 1.93. The van der Waals surface area contributed by atoms with E-state index in [1.165, 1.54) is 4.57 Å². The topological polar surface area (TPSA) is 93.3 Å². The Morgan fingerprint density at radius 1 is 1.19 bits per heavy atom. The molecule has 21 heavy (non-hydrogen) atoms. The van der Waals surface area contributed by atoms with E-state index in [9.17, 15) is 14.4 Å². The standard InChI is InChI=1S/C14H17N3O4/c1-2-15-13(19)9-16-12(18)7-8-17-10-5-3-4-6-11(10)21-14(17)20/h3-6H,2,7-9H2,1H3,(H,15,19)(H,16,18). The Bertz CT molecular complexity index is 702. The van der Waals surface area contributed by atoms with Crippen LogP contribution < -0.4 is 16.4 Å². The van der Waals surface area contributed by atoms with Crippen molar-refractivity contribution in [2.45, 2.75) is 19.9 Å². The van der Waals surface area contributed by atoms with Crippen LogP contribution in [0.2, 0.25) is 0 Å². The van der Waals surface area contributed by atoms with E-state index < -0.39 is 5.76 Å². The Hall–Kier alpha value is -2.57. The number of hydrogen-bond acceptors (Lipinski definition) is 4.